The van der Waals surface area contributed by atoms with Gasteiger partial charge in [-0.3, -0.25) is 4.90 Å². The molecule has 1 aromatic heterocycles. The Kier molecular flexibility index (Phi) is 3.67. The van der Waals surface area contributed by atoms with Gasteiger partial charge in [0.15, 0.2) is 0 Å². The first-order valence-corrected chi connectivity index (χ1v) is 6.71. The summed E-state index contributed by atoms with van der Waals surface area (Å²) < 4.78 is 42.0. The van der Waals surface area contributed by atoms with Crippen molar-refractivity contribution in [3.8, 4) is 0 Å². The minimum absolute atomic E-state index is 0.00767. The van der Waals surface area contributed by atoms with Gasteiger partial charge in [-0.15, -0.1) is 0 Å². The fourth-order valence-electron chi connectivity index (χ4n) is 2.50. The molecular weight excluding hydrogens is 283 g/mol. The second kappa shape index (κ2) is 5.48. The van der Waals surface area contributed by atoms with Crippen LogP contribution in [0.1, 0.15) is 22.8 Å². The molecule has 0 aliphatic carbocycles. The first-order chi connectivity index (χ1) is 10.0. The van der Waals surface area contributed by atoms with E-state index in [-0.39, 0.29) is 12.4 Å². The lowest BCUT2D eigenvalue weighted by Crippen LogP contribution is -2.26. The second-order valence-corrected chi connectivity index (χ2v) is 5.05. The standard InChI is InChI=1S/C14H14F3N3O/c15-14(16,17)13-18-12(21-19-13)9-20-7-5-10-3-1-2-4-11(10)6-8-20/h1-4H,5-9H2. The number of alkyl halides is 3. The Balaban J connectivity index is 1.66. The van der Waals surface area contributed by atoms with Crippen LogP contribution in [-0.2, 0) is 25.6 Å². The topological polar surface area (TPSA) is 42.2 Å². The summed E-state index contributed by atoms with van der Waals surface area (Å²) in [6, 6.07) is 8.19. The molecule has 0 saturated heterocycles. The number of halogens is 3. The van der Waals surface area contributed by atoms with E-state index in [1.807, 2.05) is 17.0 Å². The molecule has 21 heavy (non-hydrogen) atoms. The van der Waals surface area contributed by atoms with Gasteiger partial charge in [0.2, 0.25) is 5.89 Å². The molecule has 112 valence electrons. The van der Waals surface area contributed by atoms with Crippen molar-refractivity contribution < 1.29 is 17.7 Å². The highest BCUT2D eigenvalue weighted by Gasteiger charge is 2.37. The van der Waals surface area contributed by atoms with Crippen LogP contribution in [0.2, 0.25) is 0 Å². The molecule has 0 bridgehead atoms. The summed E-state index contributed by atoms with van der Waals surface area (Å²) in [6.45, 7) is 1.78. The zero-order chi connectivity index (χ0) is 14.9. The molecule has 2 aromatic rings. The highest BCUT2D eigenvalue weighted by atomic mass is 19.4. The molecular formula is C14H14F3N3O. The van der Waals surface area contributed by atoms with Crippen LogP contribution in [-0.4, -0.2) is 28.1 Å². The molecule has 1 aromatic carbocycles. The van der Waals surface area contributed by atoms with Crippen molar-refractivity contribution in [3.63, 3.8) is 0 Å². The molecule has 1 aliphatic rings. The molecule has 0 saturated carbocycles. The third-order valence-electron chi connectivity index (χ3n) is 3.59. The van der Waals surface area contributed by atoms with Gasteiger partial charge in [-0.1, -0.05) is 29.4 Å². The Morgan fingerprint density at radius 3 is 2.24 bits per heavy atom. The first-order valence-electron chi connectivity index (χ1n) is 6.71. The fourth-order valence-corrected chi connectivity index (χ4v) is 2.50. The van der Waals surface area contributed by atoms with E-state index in [4.69, 9.17) is 0 Å². The molecule has 0 radical (unpaired) electrons. The van der Waals surface area contributed by atoms with Crippen molar-refractivity contribution in [2.24, 2.45) is 0 Å². The van der Waals surface area contributed by atoms with Crippen LogP contribution in [0.25, 0.3) is 0 Å². The van der Waals surface area contributed by atoms with Gasteiger partial charge in [0, 0.05) is 13.1 Å². The van der Waals surface area contributed by atoms with Crippen LogP contribution >= 0.6 is 0 Å². The average Bonchev–Trinajstić information content (AvgIpc) is 2.82. The lowest BCUT2D eigenvalue weighted by Gasteiger charge is -2.16. The zero-order valence-corrected chi connectivity index (χ0v) is 11.2. The number of nitrogens with zero attached hydrogens (tertiary/aromatic N) is 3. The Morgan fingerprint density at radius 2 is 1.71 bits per heavy atom. The van der Waals surface area contributed by atoms with E-state index >= 15 is 0 Å². The Hall–Kier alpha value is -1.89. The molecule has 0 N–H and O–H groups in total. The van der Waals surface area contributed by atoms with Gasteiger partial charge in [-0.25, -0.2) is 0 Å². The van der Waals surface area contributed by atoms with Gasteiger partial charge in [0.25, 0.3) is 5.82 Å². The van der Waals surface area contributed by atoms with E-state index in [2.05, 4.69) is 26.8 Å². The zero-order valence-electron chi connectivity index (χ0n) is 11.2. The lowest BCUT2D eigenvalue weighted by molar-refractivity contribution is -0.146. The molecule has 2 heterocycles. The van der Waals surface area contributed by atoms with E-state index in [1.54, 1.807) is 0 Å². The second-order valence-electron chi connectivity index (χ2n) is 5.05. The first kappa shape index (κ1) is 14.1. The third-order valence-corrected chi connectivity index (χ3v) is 3.59. The van der Waals surface area contributed by atoms with Crippen molar-refractivity contribution >= 4 is 0 Å². The average molecular weight is 297 g/mol. The molecule has 0 spiro atoms. The SMILES string of the molecule is FC(F)(F)c1noc(CN2CCc3ccccc3CC2)n1. The molecule has 0 unspecified atom stereocenters. The maximum atomic E-state index is 12.4. The van der Waals surface area contributed by atoms with Crippen LogP contribution < -0.4 is 0 Å². The summed E-state index contributed by atoms with van der Waals surface area (Å²) >= 11 is 0. The molecule has 0 amide bonds. The number of hydrogen-bond donors (Lipinski definition) is 0. The van der Waals surface area contributed by atoms with Gasteiger partial charge in [-0.2, -0.15) is 18.2 Å². The minimum atomic E-state index is -4.56. The summed E-state index contributed by atoms with van der Waals surface area (Å²) in [7, 11) is 0. The van der Waals surface area contributed by atoms with Gasteiger partial charge >= 0.3 is 6.18 Å². The minimum Gasteiger partial charge on any atom is -0.338 e. The molecule has 7 heteroatoms. The fraction of sp³-hybridized carbons (Fsp3) is 0.429. The van der Waals surface area contributed by atoms with Crippen LogP contribution in [0.15, 0.2) is 28.8 Å². The summed E-state index contributed by atoms with van der Waals surface area (Å²) in [6.07, 6.45) is -2.82. The summed E-state index contributed by atoms with van der Waals surface area (Å²) in [5.41, 5.74) is 2.59. The van der Waals surface area contributed by atoms with E-state index in [9.17, 15) is 13.2 Å². The van der Waals surface area contributed by atoms with Gasteiger partial charge < -0.3 is 4.52 Å². The molecule has 4 nitrogen and oxygen atoms in total. The number of rotatable bonds is 2. The normalized spacial score (nSPS) is 16.5. The van der Waals surface area contributed by atoms with E-state index in [1.165, 1.54) is 11.1 Å². The smallest absolute Gasteiger partial charge is 0.338 e. The van der Waals surface area contributed by atoms with Crippen LogP contribution in [0.3, 0.4) is 0 Å². The van der Waals surface area contributed by atoms with Crippen LogP contribution in [0.5, 0.6) is 0 Å². The highest BCUT2D eigenvalue weighted by Crippen LogP contribution is 2.26. The number of benzene rings is 1. The van der Waals surface area contributed by atoms with Crippen LogP contribution in [0, 0.1) is 0 Å². The molecule has 1 aliphatic heterocycles. The quantitative estimate of drug-likeness (QED) is 0.854. The maximum Gasteiger partial charge on any atom is 0.455 e. The van der Waals surface area contributed by atoms with Gasteiger partial charge in [-0.05, 0) is 24.0 Å². The molecule has 0 fully saturated rings. The summed E-state index contributed by atoms with van der Waals surface area (Å²) in [4.78, 5) is 5.45. The number of hydrogen-bond acceptors (Lipinski definition) is 4. The maximum absolute atomic E-state index is 12.4. The van der Waals surface area contributed by atoms with E-state index < -0.39 is 12.0 Å². The monoisotopic (exact) mass is 297 g/mol. The molecule has 3 rings (SSSR count). The van der Waals surface area contributed by atoms with Crippen molar-refractivity contribution in [3.05, 3.63) is 47.1 Å². The van der Waals surface area contributed by atoms with Crippen LogP contribution in [0.4, 0.5) is 13.2 Å². The number of aromatic nitrogens is 2. The van der Waals surface area contributed by atoms with Crippen molar-refractivity contribution in [2.75, 3.05) is 13.1 Å². The summed E-state index contributed by atoms with van der Waals surface area (Å²) in [5, 5.41) is 2.98. The largest absolute Gasteiger partial charge is 0.455 e. The predicted octanol–water partition coefficient (Wildman–Crippen LogP) is 2.69. The van der Waals surface area contributed by atoms with Crippen molar-refractivity contribution in [1.82, 2.24) is 15.0 Å². The van der Waals surface area contributed by atoms with Gasteiger partial charge in [0.1, 0.15) is 0 Å². The van der Waals surface area contributed by atoms with Crippen molar-refractivity contribution in [1.29, 1.82) is 0 Å². The Morgan fingerprint density at radius 1 is 1.10 bits per heavy atom. The van der Waals surface area contributed by atoms with Crippen molar-refractivity contribution in [2.45, 2.75) is 25.6 Å². The number of fused-ring (bicyclic) bond motifs is 1. The van der Waals surface area contributed by atoms with E-state index in [0.717, 1.165) is 25.9 Å². The highest BCUT2D eigenvalue weighted by molar-refractivity contribution is 5.28. The van der Waals surface area contributed by atoms with E-state index in [0.29, 0.717) is 0 Å². The Bertz CT molecular complexity index is 597. The van der Waals surface area contributed by atoms with Gasteiger partial charge in [0.05, 0.1) is 6.54 Å². The third kappa shape index (κ3) is 3.24. The summed E-state index contributed by atoms with van der Waals surface area (Å²) in [5.74, 6) is -1.20. The Labute approximate surface area is 119 Å². The lowest BCUT2D eigenvalue weighted by atomic mass is 10.0. The predicted molar refractivity (Wildman–Crippen MR) is 68.4 cm³/mol. The molecule has 0 atom stereocenters.